The summed E-state index contributed by atoms with van der Waals surface area (Å²) in [5.41, 5.74) is 1.14. The summed E-state index contributed by atoms with van der Waals surface area (Å²) >= 11 is 1.15. The molecule has 11 heteroatoms. The third-order valence-electron chi connectivity index (χ3n) is 5.12. The maximum absolute atomic E-state index is 13.7. The van der Waals surface area contributed by atoms with Crippen molar-refractivity contribution in [3.8, 4) is 0 Å². The van der Waals surface area contributed by atoms with E-state index >= 15 is 0 Å². The molecule has 3 heterocycles. The van der Waals surface area contributed by atoms with Crippen LogP contribution in [-0.4, -0.2) is 37.8 Å². The lowest BCUT2D eigenvalue weighted by Gasteiger charge is -2.09. The number of hydrogen-bond donors (Lipinski definition) is 2. The SMILES string of the molecule is CNC(=O)c1sc2ncn(Cc3nc(C[C@H](O)c4ccc(C)c(F)c4)no3)c(=O)c2c1C. The fraction of sp³-hybridized carbons (Fsp3) is 0.286. The zero-order valence-electron chi connectivity index (χ0n) is 17.5. The monoisotopic (exact) mass is 457 g/mol. The molecule has 4 aromatic rings. The molecule has 2 N–H and O–H groups in total. The molecule has 3 aromatic heterocycles. The second-order valence-corrected chi connectivity index (χ2v) is 8.33. The summed E-state index contributed by atoms with van der Waals surface area (Å²) in [4.78, 5) is 34.4. The Hall–Kier alpha value is -3.44. The molecule has 1 aromatic carbocycles. The van der Waals surface area contributed by atoms with Crippen molar-refractivity contribution in [1.82, 2.24) is 25.0 Å². The smallest absolute Gasteiger partial charge is 0.262 e. The Kier molecular flexibility index (Phi) is 5.85. The predicted molar refractivity (Wildman–Crippen MR) is 115 cm³/mol. The first-order valence-electron chi connectivity index (χ1n) is 9.74. The van der Waals surface area contributed by atoms with Gasteiger partial charge in [-0.15, -0.1) is 11.3 Å². The average Bonchev–Trinajstić information content (AvgIpc) is 3.35. The highest BCUT2D eigenvalue weighted by molar-refractivity contribution is 7.20. The summed E-state index contributed by atoms with van der Waals surface area (Å²) in [7, 11) is 1.53. The fourth-order valence-electron chi connectivity index (χ4n) is 3.29. The van der Waals surface area contributed by atoms with Crippen molar-refractivity contribution in [1.29, 1.82) is 0 Å². The van der Waals surface area contributed by atoms with Crippen molar-refractivity contribution in [2.24, 2.45) is 0 Å². The second kappa shape index (κ2) is 8.60. The van der Waals surface area contributed by atoms with Gasteiger partial charge in [-0.3, -0.25) is 14.2 Å². The van der Waals surface area contributed by atoms with Gasteiger partial charge in [0, 0.05) is 13.5 Å². The normalized spacial score (nSPS) is 12.3. The Morgan fingerprint density at radius 1 is 1.38 bits per heavy atom. The lowest BCUT2D eigenvalue weighted by molar-refractivity contribution is 0.0966. The highest BCUT2D eigenvalue weighted by atomic mass is 32.1. The van der Waals surface area contributed by atoms with Gasteiger partial charge in [-0.05, 0) is 36.6 Å². The molecular weight excluding hydrogens is 437 g/mol. The zero-order valence-corrected chi connectivity index (χ0v) is 18.4. The molecule has 0 bridgehead atoms. The van der Waals surface area contributed by atoms with Crippen molar-refractivity contribution in [2.45, 2.75) is 32.9 Å². The number of rotatable bonds is 6. The van der Waals surface area contributed by atoms with Gasteiger partial charge >= 0.3 is 0 Å². The van der Waals surface area contributed by atoms with Crippen LogP contribution in [0.4, 0.5) is 4.39 Å². The van der Waals surface area contributed by atoms with Crippen LogP contribution in [0.25, 0.3) is 10.2 Å². The third-order valence-corrected chi connectivity index (χ3v) is 6.32. The Bertz CT molecular complexity index is 1380. The van der Waals surface area contributed by atoms with Gasteiger partial charge in [-0.1, -0.05) is 17.3 Å². The first-order chi connectivity index (χ1) is 15.3. The topological polar surface area (TPSA) is 123 Å². The number of amides is 1. The third kappa shape index (κ3) is 4.04. The van der Waals surface area contributed by atoms with Crippen LogP contribution in [0.2, 0.25) is 0 Å². The first kappa shape index (κ1) is 21.8. The number of aliphatic hydroxyl groups excluding tert-OH is 1. The quantitative estimate of drug-likeness (QED) is 0.455. The molecule has 4 rings (SSSR count). The van der Waals surface area contributed by atoms with Crippen LogP contribution in [0.15, 0.2) is 33.8 Å². The lowest BCUT2D eigenvalue weighted by atomic mass is 10.0. The molecule has 1 atom stereocenters. The molecule has 0 radical (unpaired) electrons. The summed E-state index contributed by atoms with van der Waals surface area (Å²) in [6.45, 7) is 3.33. The van der Waals surface area contributed by atoms with Crippen LogP contribution in [0.5, 0.6) is 0 Å². The minimum absolute atomic E-state index is 0.0192. The number of aromatic nitrogens is 4. The highest BCUT2D eigenvalue weighted by Gasteiger charge is 2.20. The number of carbonyl (C=O) groups is 1. The number of aliphatic hydroxyl groups is 1. The standard InChI is InChI=1S/C21H20FN5O4S/c1-10-4-5-12(6-13(10)22)14(28)7-15-25-16(31-26-15)8-27-9-24-20-17(21(27)30)11(2)18(32-20)19(29)23-3/h4-6,9,14,28H,7-8H2,1-3H3,(H,23,29)/t14-/m0/s1. The average molecular weight is 457 g/mol. The van der Waals surface area contributed by atoms with Crippen LogP contribution in [0, 0.1) is 19.7 Å². The van der Waals surface area contributed by atoms with Crippen LogP contribution >= 0.6 is 11.3 Å². The molecule has 9 nitrogen and oxygen atoms in total. The van der Waals surface area contributed by atoms with E-state index in [0.29, 0.717) is 31.8 Å². The Balaban J connectivity index is 1.54. The molecule has 0 fully saturated rings. The molecule has 32 heavy (non-hydrogen) atoms. The maximum atomic E-state index is 13.7. The summed E-state index contributed by atoms with van der Waals surface area (Å²) < 4.78 is 20.3. The number of nitrogens with one attached hydrogen (secondary N) is 1. The number of aryl methyl sites for hydroxylation is 2. The molecular formula is C21H20FN5O4S. The van der Waals surface area contributed by atoms with E-state index in [1.807, 2.05) is 0 Å². The van der Waals surface area contributed by atoms with E-state index in [4.69, 9.17) is 4.52 Å². The molecule has 0 unspecified atom stereocenters. The maximum Gasteiger partial charge on any atom is 0.262 e. The van der Waals surface area contributed by atoms with Crippen molar-refractivity contribution < 1.29 is 18.8 Å². The molecule has 166 valence electrons. The number of carbonyl (C=O) groups excluding carboxylic acids is 1. The van der Waals surface area contributed by atoms with Crippen LogP contribution in [0.3, 0.4) is 0 Å². The van der Waals surface area contributed by atoms with Gasteiger partial charge in [0.1, 0.15) is 17.2 Å². The molecule has 0 aliphatic carbocycles. The molecule has 0 aliphatic rings. The highest BCUT2D eigenvalue weighted by Crippen LogP contribution is 2.26. The zero-order chi connectivity index (χ0) is 23.0. The van der Waals surface area contributed by atoms with Crippen molar-refractivity contribution in [3.05, 3.63) is 74.0 Å². The van der Waals surface area contributed by atoms with E-state index in [0.717, 1.165) is 11.3 Å². The minimum atomic E-state index is -1.01. The van der Waals surface area contributed by atoms with E-state index in [9.17, 15) is 19.1 Å². The van der Waals surface area contributed by atoms with E-state index in [-0.39, 0.29) is 36.1 Å². The molecule has 0 saturated carbocycles. The predicted octanol–water partition coefficient (Wildman–Crippen LogP) is 2.28. The van der Waals surface area contributed by atoms with Gasteiger partial charge in [-0.25, -0.2) is 9.37 Å². The van der Waals surface area contributed by atoms with Gasteiger partial charge in [0.2, 0.25) is 5.89 Å². The Labute approximate surface area is 185 Å². The number of thiophene rings is 1. The summed E-state index contributed by atoms with van der Waals surface area (Å²) in [5, 5.41) is 17.1. The molecule has 0 spiro atoms. The summed E-state index contributed by atoms with van der Waals surface area (Å²) in [5.74, 6) is -0.292. The van der Waals surface area contributed by atoms with Gasteiger partial charge in [-0.2, -0.15) is 4.98 Å². The number of nitrogens with zero attached hydrogens (tertiary/aromatic N) is 4. The van der Waals surface area contributed by atoms with Gasteiger partial charge in [0.25, 0.3) is 11.5 Å². The van der Waals surface area contributed by atoms with E-state index in [1.54, 1.807) is 26.0 Å². The van der Waals surface area contributed by atoms with Crippen LogP contribution in [-0.2, 0) is 13.0 Å². The summed E-state index contributed by atoms with van der Waals surface area (Å²) in [6.07, 6.45) is 0.382. The Morgan fingerprint density at radius 2 is 2.16 bits per heavy atom. The second-order valence-electron chi connectivity index (χ2n) is 7.33. The number of fused-ring (bicyclic) bond motifs is 1. The Morgan fingerprint density at radius 3 is 2.88 bits per heavy atom. The van der Waals surface area contributed by atoms with Crippen molar-refractivity contribution in [2.75, 3.05) is 7.05 Å². The largest absolute Gasteiger partial charge is 0.388 e. The molecule has 0 aliphatic heterocycles. The number of hydrogen-bond acceptors (Lipinski definition) is 8. The van der Waals surface area contributed by atoms with E-state index in [1.165, 1.54) is 24.0 Å². The lowest BCUT2D eigenvalue weighted by Crippen LogP contribution is -2.22. The summed E-state index contributed by atoms with van der Waals surface area (Å²) in [6, 6.07) is 4.51. The first-order valence-corrected chi connectivity index (χ1v) is 10.6. The number of halogens is 1. The number of benzene rings is 1. The van der Waals surface area contributed by atoms with Crippen molar-refractivity contribution >= 4 is 27.5 Å². The van der Waals surface area contributed by atoms with Gasteiger partial charge in [0.05, 0.1) is 22.7 Å². The van der Waals surface area contributed by atoms with Crippen LogP contribution in [0.1, 0.15) is 44.2 Å². The van der Waals surface area contributed by atoms with Crippen LogP contribution < -0.4 is 10.9 Å². The van der Waals surface area contributed by atoms with E-state index in [2.05, 4.69) is 20.4 Å². The fourth-order valence-corrected chi connectivity index (χ4v) is 4.38. The molecule has 1 amide bonds. The van der Waals surface area contributed by atoms with Gasteiger partial charge < -0.3 is 14.9 Å². The molecule has 0 saturated heterocycles. The van der Waals surface area contributed by atoms with Gasteiger partial charge in [0.15, 0.2) is 5.82 Å². The van der Waals surface area contributed by atoms with Crippen molar-refractivity contribution in [3.63, 3.8) is 0 Å². The minimum Gasteiger partial charge on any atom is -0.388 e. The van der Waals surface area contributed by atoms with E-state index < -0.39 is 11.9 Å².